The van der Waals surface area contributed by atoms with E-state index < -0.39 is 9.84 Å². The predicted octanol–water partition coefficient (Wildman–Crippen LogP) is 3.62. The van der Waals surface area contributed by atoms with E-state index in [9.17, 15) is 8.42 Å². The lowest BCUT2D eigenvalue weighted by Gasteiger charge is -2.39. The van der Waals surface area contributed by atoms with E-state index in [0.29, 0.717) is 10.9 Å². The van der Waals surface area contributed by atoms with Crippen LogP contribution in [0.4, 0.5) is 5.69 Å². The van der Waals surface area contributed by atoms with Gasteiger partial charge < -0.3 is 4.90 Å². The quantitative estimate of drug-likeness (QED) is 0.697. The topological polar surface area (TPSA) is 37.4 Å². The molecule has 0 unspecified atom stereocenters. The Morgan fingerprint density at radius 1 is 1.25 bits per heavy atom. The molecule has 20 heavy (non-hydrogen) atoms. The van der Waals surface area contributed by atoms with Gasteiger partial charge in [-0.25, -0.2) is 8.42 Å². The maximum Gasteiger partial charge on any atom is 0.178 e. The second-order valence-corrected chi connectivity index (χ2v) is 8.29. The molecule has 1 aliphatic carbocycles. The SMILES string of the molecule is CCS(=O)(=O)c1ccc(N(CCCBr)C2CCC2)cc1. The number of sulfone groups is 1. The van der Waals surface area contributed by atoms with Crippen molar-refractivity contribution < 1.29 is 8.42 Å². The first-order chi connectivity index (χ1) is 9.58. The van der Waals surface area contributed by atoms with Crippen LogP contribution in [0, 0.1) is 0 Å². The number of alkyl halides is 1. The fraction of sp³-hybridized carbons (Fsp3) is 0.600. The Kier molecular flexibility index (Phi) is 5.49. The number of halogens is 1. The van der Waals surface area contributed by atoms with E-state index in [4.69, 9.17) is 0 Å². The van der Waals surface area contributed by atoms with Crippen molar-refractivity contribution in [2.45, 2.75) is 43.5 Å². The maximum absolute atomic E-state index is 11.8. The Labute approximate surface area is 130 Å². The van der Waals surface area contributed by atoms with Crippen molar-refractivity contribution in [1.29, 1.82) is 0 Å². The zero-order chi connectivity index (χ0) is 14.6. The van der Waals surface area contributed by atoms with Gasteiger partial charge in [-0.15, -0.1) is 0 Å². The first-order valence-electron chi connectivity index (χ1n) is 7.24. The Morgan fingerprint density at radius 3 is 2.35 bits per heavy atom. The van der Waals surface area contributed by atoms with Crippen molar-refractivity contribution in [3.05, 3.63) is 24.3 Å². The molecule has 2 rings (SSSR count). The van der Waals surface area contributed by atoms with Crippen LogP contribution in [0.25, 0.3) is 0 Å². The van der Waals surface area contributed by atoms with Gasteiger partial charge in [-0.2, -0.15) is 0 Å². The van der Waals surface area contributed by atoms with Crippen LogP contribution in [0.5, 0.6) is 0 Å². The molecule has 0 bridgehead atoms. The van der Waals surface area contributed by atoms with Gasteiger partial charge in [0.05, 0.1) is 10.6 Å². The third-order valence-electron chi connectivity index (χ3n) is 3.96. The Balaban J connectivity index is 2.17. The van der Waals surface area contributed by atoms with E-state index in [-0.39, 0.29) is 5.75 Å². The molecular formula is C15H22BrNO2S. The monoisotopic (exact) mass is 359 g/mol. The molecule has 1 aromatic rings. The summed E-state index contributed by atoms with van der Waals surface area (Å²) in [7, 11) is -3.10. The number of benzene rings is 1. The minimum atomic E-state index is -3.10. The molecule has 1 saturated carbocycles. The minimum absolute atomic E-state index is 0.155. The van der Waals surface area contributed by atoms with Gasteiger partial charge in [0.2, 0.25) is 0 Å². The van der Waals surface area contributed by atoms with Gasteiger partial charge in [0, 0.05) is 23.6 Å². The molecule has 0 radical (unpaired) electrons. The van der Waals surface area contributed by atoms with E-state index in [0.717, 1.165) is 24.0 Å². The summed E-state index contributed by atoms with van der Waals surface area (Å²) in [5.74, 6) is 0.155. The molecule has 3 nitrogen and oxygen atoms in total. The van der Waals surface area contributed by atoms with Crippen LogP contribution in [-0.4, -0.2) is 32.1 Å². The second-order valence-electron chi connectivity index (χ2n) is 5.22. The zero-order valence-electron chi connectivity index (χ0n) is 11.9. The fourth-order valence-corrected chi connectivity index (χ4v) is 3.60. The van der Waals surface area contributed by atoms with Gasteiger partial charge in [0.25, 0.3) is 0 Å². The Morgan fingerprint density at radius 2 is 1.90 bits per heavy atom. The Bertz CT molecular complexity index is 523. The summed E-state index contributed by atoms with van der Waals surface area (Å²) in [6.07, 6.45) is 4.90. The molecule has 112 valence electrons. The van der Waals surface area contributed by atoms with Crippen molar-refractivity contribution in [3.63, 3.8) is 0 Å². The van der Waals surface area contributed by atoms with Crippen LogP contribution >= 0.6 is 15.9 Å². The number of anilines is 1. The molecule has 5 heteroatoms. The molecule has 0 aromatic heterocycles. The highest BCUT2D eigenvalue weighted by atomic mass is 79.9. The van der Waals surface area contributed by atoms with Crippen LogP contribution in [0.3, 0.4) is 0 Å². The number of hydrogen-bond donors (Lipinski definition) is 0. The molecule has 0 spiro atoms. The van der Waals surface area contributed by atoms with Crippen LogP contribution in [0.15, 0.2) is 29.2 Å². The maximum atomic E-state index is 11.8. The summed E-state index contributed by atoms with van der Waals surface area (Å²) in [4.78, 5) is 2.85. The molecule has 0 heterocycles. The van der Waals surface area contributed by atoms with Gasteiger partial charge in [-0.3, -0.25) is 0 Å². The third-order valence-corrected chi connectivity index (χ3v) is 6.27. The standard InChI is InChI=1S/C15H22BrNO2S/c1-2-20(18,19)15-9-7-14(8-10-15)17(12-4-11-16)13-5-3-6-13/h7-10,13H,2-6,11-12H2,1H3. The molecule has 1 aliphatic rings. The molecule has 0 saturated heterocycles. The Hall–Kier alpha value is -0.550. The molecule has 0 aliphatic heterocycles. The van der Waals surface area contributed by atoms with Crippen LogP contribution in [0.1, 0.15) is 32.6 Å². The van der Waals surface area contributed by atoms with Crippen LogP contribution in [0.2, 0.25) is 0 Å². The van der Waals surface area contributed by atoms with Crippen molar-refractivity contribution >= 4 is 31.5 Å². The lowest BCUT2D eigenvalue weighted by Crippen LogP contribution is -2.41. The summed E-state index contributed by atoms with van der Waals surface area (Å²) in [6, 6.07) is 8.02. The molecule has 0 atom stereocenters. The van der Waals surface area contributed by atoms with Crippen molar-refractivity contribution in [2.75, 3.05) is 22.5 Å². The summed E-state index contributed by atoms with van der Waals surface area (Å²) in [6.45, 7) is 2.70. The van der Waals surface area contributed by atoms with E-state index in [1.807, 2.05) is 12.1 Å². The van der Waals surface area contributed by atoms with Gasteiger partial charge in [0.1, 0.15) is 0 Å². The first kappa shape index (κ1) is 15.8. The number of hydrogen-bond acceptors (Lipinski definition) is 3. The van der Waals surface area contributed by atoms with E-state index in [1.165, 1.54) is 19.3 Å². The second kappa shape index (κ2) is 6.94. The number of nitrogens with zero attached hydrogens (tertiary/aromatic N) is 1. The van der Waals surface area contributed by atoms with Crippen LogP contribution in [-0.2, 0) is 9.84 Å². The first-order valence-corrected chi connectivity index (χ1v) is 10.0. The number of rotatable bonds is 7. The smallest absolute Gasteiger partial charge is 0.178 e. The van der Waals surface area contributed by atoms with Gasteiger partial charge in [-0.1, -0.05) is 22.9 Å². The third kappa shape index (κ3) is 3.55. The van der Waals surface area contributed by atoms with Gasteiger partial charge >= 0.3 is 0 Å². The molecular weight excluding hydrogens is 338 g/mol. The summed E-state index contributed by atoms with van der Waals surface area (Å²) in [5, 5.41) is 0.999. The molecule has 0 amide bonds. The highest BCUT2D eigenvalue weighted by Crippen LogP contribution is 2.30. The van der Waals surface area contributed by atoms with Crippen molar-refractivity contribution in [3.8, 4) is 0 Å². The highest BCUT2D eigenvalue weighted by molar-refractivity contribution is 9.09. The van der Waals surface area contributed by atoms with Gasteiger partial charge in [-0.05, 0) is 49.9 Å². The molecule has 1 fully saturated rings. The van der Waals surface area contributed by atoms with E-state index >= 15 is 0 Å². The zero-order valence-corrected chi connectivity index (χ0v) is 14.3. The molecule has 1 aromatic carbocycles. The highest BCUT2D eigenvalue weighted by Gasteiger charge is 2.25. The van der Waals surface area contributed by atoms with E-state index in [1.54, 1.807) is 19.1 Å². The largest absolute Gasteiger partial charge is 0.369 e. The summed E-state index contributed by atoms with van der Waals surface area (Å²) < 4.78 is 23.7. The normalized spacial score (nSPS) is 15.9. The van der Waals surface area contributed by atoms with Crippen molar-refractivity contribution in [2.24, 2.45) is 0 Å². The average Bonchev–Trinajstić information content (AvgIpc) is 2.41. The lowest BCUT2D eigenvalue weighted by atomic mass is 9.91. The predicted molar refractivity (Wildman–Crippen MR) is 87.6 cm³/mol. The lowest BCUT2D eigenvalue weighted by molar-refractivity contribution is 0.386. The average molecular weight is 360 g/mol. The summed E-state index contributed by atoms with van der Waals surface area (Å²) in [5.41, 5.74) is 1.14. The molecule has 0 N–H and O–H groups in total. The minimum Gasteiger partial charge on any atom is -0.369 e. The fourth-order valence-electron chi connectivity index (χ4n) is 2.46. The van der Waals surface area contributed by atoms with Crippen LogP contribution < -0.4 is 4.90 Å². The van der Waals surface area contributed by atoms with E-state index in [2.05, 4.69) is 20.8 Å². The summed E-state index contributed by atoms with van der Waals surface area (Å²) >= 11 is 3.48. The van der Waals surface area contributed by atoms with Gasteiger partial charge in [0.15, 0.2) is 9.84 Å². The van der Waals surface area contributed by atoms with Crippen molar-refractivity contribution in [1.82, 2.24) is 0 Å².